The van der Waals surface area contributed by atoms with Gasteiger partial charge in [-0.3, -0.25) is 9.69 Å². The molecule has 1 atom stereocenters. The molecular weight excluding hydrogens is 166 g/mol. The first-order chi connectivity index (χ1) is 6.26. The van der Waals surface area contributed by atoms with Crippen molar-refractivity contribution < 1.29 is 4.79 Å². The third kappa shape index (κ3) is 3.32. The van der Waals surface area contributed by atoms with Crippen molar-refractivity contribution in [3.63, 3.8) is 0 Å². The highest BCUT2D eigenvalue weighted by molar-refractivity contribution is 5.77. The van der Waals surface area contributed by atoms with Crippen LogP contribution < -0.4 is 11.1 Å². The van der Waals surface area contributed by atoms with E-state index < -0.39 is 0 Å². The molecule has 0 spiro atoms. The summed E-state index contributed by atoms with van der Waals surface area (Å²) in [6, 6.07) is 0. The number of rotatable bonds is 3. The zero-order valence-electron chi connectivity index (χ0n) is 8.25. The van der Waals surface area contributed by atoms with Gasteiger partial charge >= 0.3 is 0 Å². The maximum Gasteiger partial charge on any atom is 0.233 e. The summed E-state index contributed by atoms with van der Waals surface area (Å²) >= 11 is 0. The number of piperidine rings is 1. The molecule has 4 heteroatoms. The highest BCUT2D eigenvalue weighted by Gasteiger charge is 2.19. The third-order valence-corrected chi connectivity index (χ3v) is 2.58. The third-order valence-electron chi connectivity index (χ3n) is 2.58. The van der Waals surface area contributed by atoms with Gasteiger partial charge < -0.3 is 11.1 Å². The number of carbonyl (C=O) groups is 1. The van der Waals surface area contributed by atoms with E-state index in [1.807, 2.05) is 0 Å². The van der Waals surface area contributed by atoms with Gasteiger partial charge in [0.05, 0.1) is 6.54 Å². The van der Waals surface area contributed by atoms with E-state index >= 15 is 0 Å². The Labute approximate surface area is 79.5 Å². The first-order valence-corrected chi connectivity index (χ1v) is 4.89. The van der Waals surface area contributed by atoms with E-state index in [-0.39, 0.29) is 5.91 Å². The minimum atomic E-state index is 0.0951. The molecule has 1 fully saturated rings. The van der Waals surface area contributed by atoms with Crippen molar-refractivity contribution in [3.05, 3.63) is 0 Å². The average Bonchev–Trinajstić information content (AvgIpc) is 2.18. The second-order valence-corrected chi connectivity index (χ2v) is 3.65. The zero-order valence-corrected chi connectivity index (χ0v) is 8.25. The molecule has 4 nitrogen and oxygen atoms in total. The number of hydrogen-bond acceptors (Lipinski definition) is 3. The van der Waals surface area contributed by atoms with Gasteiger partial charge in [-0.2, -0.15) is 0 Å². The van der Waals surface area contributed by atoms with Crippen molar-refractivity contribution in [3.8, 4) is 0 Å². The van der Waals surface area contributed by atoms with E-state index in [4.69, 9.17) is 5.73 Å². The normalized spacial score (nSPS) is 24.3. The van der Waals surface area contributed by atoms with Crippen molar-refractivity contribution in [1.82, 2.24) is 10.2 Å². The Bertz CT molecular complexity index is 172. The van der Waals surface area contributed by atoms with Crippen LogP contribution in [0.3, 0.4) is 0 Å². The molecule has 1 amide bonds. The van der Waals surface area contributed by atoms with Crippen molar-refractivity contribution in [2.45, 2.75) is 12.8 Å². The number of likely N-dealkylation sites (tertiary alicyclic amines) is 1. The van der Waals surface area contributed by atoms with Crippen LogP contribution in [0.4, 0.5) is 0 Å². The number of likely N-dealkylation sites (N-methyl/N-ethyl adjacent to an activating group) is 1. The topological polar surface area (TPSA) is 58.4 Å². The number of amides is 1. The molecule has 3 N–H and O–H groups in total. The van der Waals surface area contributed by atoms with Gasteiger partial charge in [0.25, 0.3) is 0 Å². The maximum absolute atomic E-state index is 11.1. The van der Waals surface area contributed by atoms with Gasteiger partial charge in [0.1, 0.15) is 0 Å². The van der Waals surface area contributed by atoms with Crippen LogP contribution in [-0.2, 0) is 4.79 Å². The maximum atomic E-state index is 11.1. The van der Waals surface area contributed by atoms with E-state index in [9.17, 15) is 4.79 Å². The Morgan fingerprint density at radius 1 is 1.69 bits per heavy atom. The van der Waals surface area contributed by atoms with Gasteiger partial charge in [0, 0.05) is 13.6 Å². The highest BCUT2D eigenvalue weighted by atomic mass is 16.1. The van der Waals surface area contributed by atoms with Gasteiger partial charge in [0.2, 0.25) is 5.91 Å². The van der Waals surface area contributed by atoms with Crippen LogP contribution in [0.5, 0.6) is 0 Å². The van der Waals surface area contributed by atoms with Crippen LogP contribution in [0.25, 0.3) is 0 Å². The lowest BCUT2D eigenvalue weighted by molar-refractivity contribution is -0.122. The Balaban J connectivity index is 2.29. The molecule has 0 radical (unpaired) electrons. The number of nitrogens with one attached hydrogen (secondary N) is 1. The predicted octanol–water partition coefficient (Wildman–Crippen LogP) is -0.597. The fraction of sp³-hybridized carbons (Fsp3) is 0.889. The van der Waals surface area contributed by atoms with E-state index in [1.165, 1.54) is 12.8 Å². The molecule has 13 heavy (non-hydrogen) atoms. The predicted molar refractivity (Wildman–Crippen MR) is 52.3 cm³/mol. The first kappa shape index (κ1) is 10.5. The summed E-state index contributed by atoms with van der Waals surface area (Å²) in [5.41, 5.74) is 5.60. The van der Waals surface area contributed by atoms with E-state index in [0.29, 0.717) is 12.5 Å². The molecule has 1 unspecified atom stereocenters. The van der Waals surface area contributed by atoms with Crippen LogP contribution in [0, 0.1) is 5.92 Å². The van der Waals surface area contributed by atoms with E-state index in [0.717, 1.165) is 19.6 Å². The zero-order chi connectivity index (χ0) is 9.68. The summed E-state index contributed by atoms with van der Waals surface area (Å²) in [6.07, 6.45) is 2.37. The second kappa shape index (κ2) is 5.19. The molecule has 0 aromatic rings. The van der Waals surface area contributed by atoms with Crippen LogP contribution in [-0.4, -0.2) is 44.0 Å². The van der Waals surface area contributed by atoms with Gasteiger partial charge in [-0.1, -0.05) is 0 Å². The fourth-order valence-corrected chi connectivity index (χ4v) is 1.77. The summed E-state index contributed by atoms with van der Waals surface area (Å²) in [5, 5.41) is 2.63. The largest absolute Gasteiger partial charge is 0.358 e. The summed E-state index contributed by atoms with van der Waals surface area (Å²) < 4.78 is 0. The smallest absolute Gasteiger partial charge is 0.233 e. The molecule has 0 aliphatic carbocycles. The Morgan fingerprint density at radius 2 is 2.46 bits per heavy atom. The minimum Gasteiger partial charge on any atom is -0.358 e. The summed E-state index contributed by atoms with van der Waals surface area (Å²) in [7, 11) is 1.67. The molecule has 0 aromatic heterocycles. The summed E-state index contributed by atoms with van der Waals surface area (Å²) in [5.74, 6) is 0.677. The van der Waals surface area contributed by atoms with Crippen molar-refractivity contribution in [2.24, 2.45) is 11.7 Å². The number of nitrogens with two attached hydrogens (primary N) is 1. The lowest BCUT2D eigenvalue weighted by atomic mass is 9.98. The van der Waals surface area contributed by atoms with Crippen molar-refractivity contribution >= 4 is 5.91 Å². The molecular formula is C9H19N3O. The number of nitrogens with zero attached hydrogens (tertiary/aromatic N) is 1. The molecule has 1 rings (SSSR count). The van der Waals surface area contributed by atoms with Crippen LogP contribution >= 0.6 is 0 Å². The molecule has 1 saturated heterocycles. The Morgan fingerprint density at radius 3 is 3.08 bits per heavy atom. The van der Waals surface area contributed by atoms with Gasteiger partial charge in [-0.15, -0.1) is 0 Å². The second-order valence-electron chi connectivity index (χ2n) is 3.65. The SMILES string of the molecule is CNC(=O)CN1CCCC(CN)C1. The Hall–Kier alpha value is -0.610. The molecule has 0 aromatic carbocycles. The standard InChI is InChI=1S/C9H19N3O/c1-11-9(13)7-12-4-2-3-8(5-10)6-12/h8H,2-7,10H2,1H3,(H,11,13). The lowest BCUT2D eigenvalue weighted by Gasteiger charge is -2.31. The minimum absolute atomic E-state index is 0.0951. The average molecular weight is 185 g/mol. The number of hydrogen-bond donors (Lipinski definition) is 2. The summed E-state index contributed by atoms with van der Waals surface area (Å²) in [6.45, 7) is 3.27. The monoisotopic (exact) mass is 185 g/mol. The van der Waals surface area contributed by atoms with Crippen molar-refractivity contribution in [2.75, 3.05) is 33.2 Å². The van der Waals surface area contributed by atoms with Crippen LogP contribution in [0.15, 0.2) is 0 Å². The lowest BCUT2D eigenvalue weighted by Crippen LogP contribution is -2.43. The molecule has 0 saturated carbocycles. The molecule has 1 aliphatic rings. The summed E-state index contributed by atoms with van der Waals surface area (Å²) in [4.78, 5) is 13.3. The molecule has 76 valence electrons. The highest BCUT2D eigenvalue weighted by Crippen LogP contribution is 2.14. The number of carbonyl (C=O) groups excluding carboxylic acids is 1. The van der Waals surface area contributed by atoms with Gasteiger partial charge in [-0.25, -0.2) is 0 Å². The quantitative estimate of drug-likeness (QED) is 0.617. The fourth-order valence-electron chi connectivity index (χ4n) is 1.77. The van der Waals surface area contributed by atoms with Crippen molar-refractivity contribution in [1.29, 1.82) is 0 Å². The van der Waals surface area contributed by atoms with Gasteiger partial charge in [0.15, 0.2) is 0 Å². The van der Waals surface area contributed by atoms with Crippen LogP contribution in [0.1, 0.15) is 12.8 Å². The van der Waals surface area contributed by atoms with E-state index in [1.54, 1.807) is 7.05 Å². The molecule has 0 bridgehead atoms. The molecule has 1 heterocycles. The molecule has 1 aliphatic heterocycles. The Kier molecular flexibility index (Phi) is 4.18. The van der Waals surface area contributed by atoms with E-state index in [2.05, 4.69) is 10.2 Å². The van der Waals surface area contributed by atoms with Crippen LogP contribution in [0.2, 0.25) is 0 Å². The van der Waals surface area contributed by atoms with Gasteiger partial charge in [-0.05, 0) is 31.8 Å². The first-order valence-electron chi connectivity index (χ1n) is 4.89.